The highest BCUT2D eigenvalue weighted by Crippen LogP contribution is 2.59. The van der Waals surface area contributed by atoms with Crippen LogP contribution in [0.1, 0.15) is 37.8 Å². The molecule has 0 aliphatic carbocycles. The molecule has 2 bridgehead atoms. The zero-order chi connectivity index (χ0) is 27.9. The van der Waals surface area contributed by atoms with Gasteiger partial charge in [-0.2, -0.15) is 0 Å². The van der Waals surface area contributed by atoms with Crippen LogP contribution in [0.15, 0.2) is 43.5 Å². The summed E-state index contributed by atoms with van der Waals surface area (Å²) in [4.78, 5) is 47.4. The molecule has 3 fully saturated rings. The molecule has 8 nitrogen and oxygen atoms in total. The molecule has 1 aromatic carbocycles. The molecule has 4 rings (SSSR count). The van der Waals surface area contributed by atoms with Crippen LogP contribution in [0.5, 0.6) is 0 Å². The van der Waals surface area contributed by atoms with Crippen LogP contribution in [-0.4, -0.2) is 83.2 Å². The smallest absolute Gasteiger partial charge is 0.253 e. The van der Waals surface area contributed by atoms with Crippen LogP contribution in [0.2, 0.25) is 0 Å². The van der Waals surface area contributed by atoms with E-state index in [4.69, 9.17) is 4.74 Å². The molecule has 1 N–H and O–H groups in total. The van der Waals surface area contributed by atoms with E-state index in [9.17, 15) is 19.5 Å². The van der Waals surface area contributed by atoms with E-state index < -0.39 is 35.6 Å². The molecule has 2 unspecified atom stereocenters. The second-order valence-electron chi connectivity index (χ2n) is 11.3. The number of aliphatic hydroxyl groups is 1. The third-order valence-corrected chi connectivity index (χ3v) is 8.64. The Morgan fingerprint density at radius 3 is 2.37 bits per heavy atom. The predicted molar refractivity (Wildman–Crippen MR) is 146 cm³/mol. The lowest BCUT2D eigenvalue weighted by Crippen LogP contribution is -2.60. The number of likely N-dealkylation sites (N-methyl/N-ethyl adjacent to an activating group) is 1. The molecule has 3 amide bonds. The Kier molecular flexibility index (Phi) is 7.86. The molecule has 8 heteroatoms. The van der Waals surface area contributed by atoms with E-state index in [1.165, 1.54) is 0 Å². The van der Waals surface area contributed by atoms with Crippen LogP contribution in [0, 0.1) is 31.6 Å². The number of ether oxygens (including phenoxy) is 1. The van der Waals surface area contributed by atoms with Crippen molar-refractivity contribution in [3.8, 4) is 0 Å². The van der Waals surface area contributed by atoms with Crippen molar-refractivity contribution in [2.75, 3.05) is 31.6 Å². The SMILES string of the molecule is C=CCN(C)C(=O)[C@@H]1[C@H]2C(=O)N([C@@H](CO)C(C)C)C(C(=O)N(CC=C)c3c(C)cccc3C)C23CC[C@H]1O3. The van der Waals surface area contributed by atoms with Gasteiger partial charge in [0.25, 0.3) is 5.91 Å². The van der Waals surface area contributed by atoms with Crippen LogP contribution in [0.3, 0.4) is 0 Å². The Labute approximate surface area is 225 Å². The maximum Gasteiger partial charge on any atom is 0.253 e. The summed E-state index contributed by atoms with van der Waals surface area (Å²) in [6.45, 7) is 15.7. The van der Waals surface area contributed by atoms with E-state index in [0.29, 0.717) is 19.4 Å². The quantitative estimate of drug-likeness (QED) is 0.477. The van der Waals surface area contributed by atoms with Crippen molar-refractivity contribution < 1.29 is 24.2 Å². The van der Waals surface area contributed by atoms with Gasteiger partial charge in [0.15, 0.2) is 0 Å². The van der Waals surface area contributed by atoms with Gasteiger partial charge in [-0.05, 0) is 43.7 Å². The van der Waals surface area contributed by atoms with E-state index >= 15 is 0 Å². The molecule has 3 aliphatic heterocycles. The van der Waals surface area contributed by atoms with Gasteiger partial charge < -0.3 is 24.5 Å². The number of anilines is 1. The van der Waals surface area contributed by atoms with Gasteiger partial charge in [-0.25, -0.2) is 0 Å². The zero-order valence-corrected chi connectivity index (χ0v) is 23.2. The normalized spacial score (nSPS) is 28.4. The number of hydrogen-bond donors (Lipinski definition) is 1. The number of nitrogens with zero attached hydrogens (tertiary/aromatic N) is 3. The number of aliphatic hydroxyl groups excluding tert-OH is 1. The second kappa shape index (κ2) is 10.7. The highest BCUT2D eigenvalue weighted by Gasteiger charge is 2.75. The van der Waals surface area contributed by atoms with Gasteiger partial charge >= 0.3 is 0 Å². The minimum Gasteiger partial charge on any atom is -0.394 e. The molecule has 3 heterocycles. The average molecular weight is 524 g/mol. The first-order valence-electron chi connectivity index (χ1n) is 13.5. The van der Waals surface area contributed by atoms with Crippen molar-refractivity contribution in [1.82, 2.24) is 9.80 Å². The number of likely N-dealkylation sites (tertiary alicyclic amines) is 1. The lowest BCUT2D eigenvalue weighted by molar-refractivity contribution is -0.147. The molecule has 0 saturated carbocycles. The Morgan fingerprint density at radius 1 is 1.18 bits per heavy atom. The van der Waals surface area contributed by atoms with Crippen LogP contribution in [0.4, 0.5) is 5.69 Å². The van der Waals surface area contributed by atoms with Gasteiger partial charge in [-0.1, -0.05) is 44.2 Å². The molecule has 38 heavy (non-hydrogen) atoms. The fourth-order valence-corrected chi connectivity index (χ4v) is 6.97. The molecule has 0 aromatic heterocycles. The van der Waals surface area contributed by atoms with E-state index in [-0.39, 0.29) is 36.8 Å². The van der Waals surface area contributed by atoms with Gasteiger partial charge in [0, 0.05) is 25.8 Å². The van der Waals surface area contributed by atoms with Crippen molar-refractivity contribution in [1.29, 1.82) is 0 Å². The minimum atomic E-state index is -1.13. The van der Waals surface area contributed by atoms with Gasteiger partial charge in [0.1, 0.15) is 11.6 Å². The molecular weight excluding hydrogens is 482 g/mol. The highest BCUT2D eigenvalue weighted by atomic mass is 16.5. The van der Waals surface area contributed by atoms with Gasteiger partial charge in [-0.15, -0.1) is 13.2 Å². The Hall–Kier alpha value is -2.97. The predicted octanol–water partition coefficient (Wildman–Crippen LogP) is 2.86. The number of carbonyl (C=O) groups is 3. The number of rotatable bonds is 10. The molecule has 206 valence electrons. The van der Waals surface area contributed by atoms with E-state index in [1.807, 2.05) is 45.9 Å². The Bertz CT molecular complexity index is 1110. The first-order chi connectivity index (χ1) is 18.0. The largest absolute Gasteiger partial charge is 0.394 e. The standard InChI is InChI=1S/C30H41N3O5/c1-8-15-31(7)27(35)23-22-13-14-30(38-22)24(23)28(36)33(21(17-34)18(3)4)26(30)29(37)32(16-9-2)25-19(5)11-10-12-20(25)6/h8-12,18,21-24,26,34H,1-2,13-17H2,3-7H3/t21-,22+,23-,24-,26?,30?/m0/s1. The van der Waals surface area contributed by atoms with Crippen molar-refractivity contribution in [3.05, 3.63) is 54.6 Å². The van der Waals surface area contributed by atoms with Crippen LogP contribution in [-0.2, 0) is 19.1 Å². The van der Waals surface area contributed by atoms with Gasteiger partial charge in [0.05, 0.1) is 30.6 Å². The van der Waals surface area contributed by atoms with Gasteiger partial charge in [-0.3, -0.25) is 14.4 Å². The number of aryl methyl sites for hydroxylation is 2. The third kappa shape index (κ3) is 4.18. The van der Waals surface area contributed by atoms with Crippen LogP contribution < -0.4 is 4.90 Å². The second-order valence-corrected chi connectivity index (χ2v) is 11.3. The number of benzene rings is 1. The molecule has 3 saturated heterocycles. The third-order valence-electron chi connectivity index (χ3n) is 8.64. The summed E-state index contributed by atoms with van der Waals surface area (Å²) >= 11 is 0. The summed E-state index contributed by atoms with van der Waals surface area (Å²) in [5.41, 5.74) is 1.51. The van der Waals surface area contributed by atoms with Gasteiger partial charge in [0.2, 0.25) is 11.8 Å². The number of carbonyl (C=O) groups excluding carboxylic acids is 3. The first kappa shape index (κ1) is 28.0. The summed E-state index contributed by atoms with van der Waals surface area (Å²) < 4.78 is 6.59. The number of hydrogen-bond acceptors (Lipinski definition) is 5. The summed E-state index contributed by atoms with van der Waals surface area (Å²) in [5.74, 6) is -2.32. The average Bonchev–Trinajstić information content (AvgIpc) is 3.51. The van der Waals surface area contributed by atoms with E-state index in [2.05, 4.69) is 13.2 Å². The lowest BCUT2D eigenvalue weighted by atomic mass is 9.70. The maximum absolute atomic E-state index is 14.7. The number of amides is 3. The first-order valence-corrected chi connectivity index (χ1v) is 13.5. The molecule has 3 aliphatic rings. The lowest BCUT2D eigenvalue weighted by Gasteiger charge is -2.41. The number of fused-ring (bicyclic) bond motifs is 1. The van der Waals surface area contributed by atoms with Crippen molar-refractivity contribution >= 4 is 23.4 Å². The van der Waals surface area contributed by atoms with Crippen LogP contribution in [0.25, 0.3) is 0 Å². The highest BCUT2D eigenvalue weighted by molar-refractivity contribution is 6.05. The van der Waals surface area contributed by atoms with E-state index in [1.54, 1.807) is 33.9 Å². The molecular formula is C30H41N3O5. The topological polar surface area (TPSA) is 90.4 Å². The van der Waals surface area contributed by atoms with Crippen molar-refractivity contribution in [2.45, 2.75) is 64.3 Å². The monoisotopic (exact) mass is 523 g/mol. The van der Waals surface area contributed by atoms with Crippen LogP contribution >= 0.6 is 0 Å². The van der Waals surface area contributed by atoms with Crippen molar-refractivity contribution in [2.24, 2.45) is 17.8 Å². The molecule has 0 radical (unpaired) electrons. The van der Waals surface area contributed by atoms with Crippen molar-refractivity contribution in [3.63, 3.8) is 0 Å². The van der Waals surface area contributed by atoms with E-state index in [0.717, 1.165) is 16.8 Å². The Morgan fingerprint density at radius 2 is 1.82 bits per heavy atom. The molecule has 6 atom stereocenters. The summed E-state index contributed by atoms with van der Waals surface area (Å²) in [7, 11) is 1.69. The summed E-state index contributed by atoms with van der Waals surface area (Å²) in [5, 5.41) is 10.4. The number of para-hydroxylation sites is 1. The molecule has 1 aromatic rings. The summed E-state index contributed by atoms with van der Waals surface area (Å²) in [6, 6.07) is 4.30. The fourth-order valence-electron chi connectivity index (χ4n) is 6.97. The fraction of sp³-hybridized carbons (Fsp3) is 0.567. The maximum atomic E-state index is 14.7. The molecule has 1 spiro atoms. The minimum absolute atomic E-state index is 0.114. The zero-order valence-electron chi connectivity index (χ0n) is 23.2. The Balaban J connectivity index is 1.86. The summed E-state index contributed by atoms with van der Waals surface area (Å²) in [6.07, 6.45) is 3.99.